The first kappa shape index (κ1) is 16.5. The zero-order chi connectivity index (χ0) is 16.7. The number of carbonyl (C=O) groups is 1. The van der Waals surface area contributed by atoms with Crippen molar-refractivity contribution < 1.29 is 14.6 Å². The molecule has 0 spiro atoms. The Morgan fingerprint density at radius 2 is 2.04 bits per heavy atom. The summed E-state index contributed by atoms with van der Waals surface area (Å²) in [5.41, 5.74) is 1.87. The van der Waals surface area contributed by atoms with Crippen LogP contribution in [0.15, 0.2) is 24.3 Å². The Hall–Kier alpha value is -1.39. The molecule has 0 radical (unpaired) electrons. The van der Waals surface area contributed by atoms with Crippen molar-refractivity contribution in [2.45, 2.75) is 32.6 Å². The fourth-order valence-corrected chi connectivity index (χ4v) is 3.76. The lowest BCUT2D eigenvalue weighted by Crippen LogP contribution is -2.41. The molecule has 126 valence electrons. The number of carbonyl (C=O) groups excluding carboxylic acids is 1. The van der Waals surface area contributed by atoms with Crippen LogP contribution in [0.4, 0.5) is 0 Å². The molecule has 23 heavy (non-hydrogen) atoms. The number of nitrogens with zero attached hydrogens (tertiary/aromatic N) is 1. The molecule has 2 aliphatic rings. The maximum absolute atomic E-state index is 12.8. The average Bonchev–Trinajstić information content (AvgIpc) is 2.93. The van der Waals surface area contributed by atoms with Crippen LogP contribution in [0, 0.1) is 11.3 Å². The fourth-order valence-electron chi connectivity index (χ4n) is 3.76. The summed E-state index contributed by atoms with van der Waals surface area (Å²) in [5.74, 6) is 0.312. The van der Waals surface area contributed by atoms with Gasteiger partial charge in [-0.15, -0.1) is 0 Å². The standard InChI is InChI=1S/C19H27NO3/c1-18(2,3)15-6-4-14(5-7-15)17(22)20-10-16-11-23-9-8-19(16,12-20)13-21/h4-7,16,21H,8-13H2,1-3H3/t16-,19-/m1/s1. The molecule has 0 aromatic heterocycles. The molecule has 2 atom stereocenters. The summed E-state index contributed by atoms with van der Waals surface area (Å²) >= 11 is 0. The number of hydrogen-bond acceptors (Lipinski definition) is 3. The van der Waals surface area contributed by atoms with Gasteiger partial charge in [0.15, 0.2) is 0 Å². The van der Waals surface area contributed by atoms with Crippen molar-refractivity contribution in [1.82, 2.24) is 4.90 Å². The van der Waals surface area contributed by atoms with E-state index in [1.165, 1.54) is 5.56 Å². The summed E-state index contributed by atoms with van der Waals surface area (Å²) < 4.78 is 5.55. The van der Waals surface area contributed by atoms with E-state index < -0.39 is 0 Å². The quantitative estimate of drug-likeness (QED) is 0.911. The molecule has 0 bridgehead atoms. The molecule has 4 heteroatoms. The Bertz CT molecular complexity index is 575. The van der Waals surface area contributed by atoms with E-state index in [4.69, 9.17) is 4.74 Å². The first-order valence-electron chi connectivity index (χ1n) is 8.44. The van der Waals surface area contributed by atoms with Gasteiger partial charge in [0.05, 0.1) is 13.2 Å². The van der Waals surface area contributed by atoms with Gasteiger partial charge in [-0.05, 0) is 29.5 Å². The van der Waals surface area contributed by atoms with Gasteiger partial charge in [-0.1, -0.05) is 32.9 Å². The second kappa shape index (κ2) is 5.91. The van der Waals surface area contributed by atoms with E-state index in [2.05, 4.69) is 20.8 Å². The van der Waals surface area contributed by atoms with Gasteiger partial charge < -0.3 is 14.7 Å². The minimum Gasteiger partial charge on any atom is -0.396 e. The van der Waals surface area contributed by atoms with Crippen molar-refractivity contribution in [1.29, 1.82) is 0 Å². The predicted molar refractivity (Wildman–Crippen MR) is 89.5 cm³/mol. The maximum Gasteiger partial charge on any atom is 0.253 e. The molecule has 1 N–H and O–H groups in total. The van der Waals surface area contributed by atoms with Crippen LogP contribution in [0.3, 0.4) is 0 Å². The van der Waals surface area contributed by atoms with E-state index in [0.717, 1.165) is 12.0 Å². The van der Waals surface area contributed by atoms with E-state index >= 15 is 0 Å². The molecule has 2 aliphatic heterocycles. The SMILES string of the molecule is CC(C)(C)c1ccc(C(=O)N2C[C@@H]3COCC[C@]3(CO)C2)cc1. The highest BCUT2D eigenvalue weighted by molar-refractivity contribution is 5.94. The second-order valence-electron chi connectivity index (χ2n) is 8.06. The van der Waals surface area contributed by atoms with Gasteiger partial charge in [-0.3, -0.25) is 4.79 Å². The van der Waals surface area contributed by atoms with Crippen LogP contribution in [-0.4, -0.2) is 48.8 Å². The molecule has 1 amide bonds. The lowest BCUT2D eigenvalue weighted by atomic mass is 9.75. The predicted octanol–water partition coefficient (Wildman–Crippen LogP) is 2.46. The highest BCUT2D eigenvalue weighted by Crippen LogP contribution is 2.42. The van der Waals surface area contributed by atoms with Crippen molar-refractivity contribution in [3.05, 3.63) is 35.4 Å². The Labute approximate surface area is 138 Å². The number of aliphatic hydroxyl groups excluding tert-OH is 1. The highest BCUT2D eigenvalue weighted by Gasteiger charge is 2.49. The van der Waals surface area contributed by atoms with Crippen molar-refractivity contribution in [3.63, 3.8) is 0 Å². The number of benzene rings is 1. The van der Waals surface area contributed by atoms with E-state index in [1.807, 2.05) is 29.2 Å². The van der Waals surface area contributed by atoms with Crippen molar-refractivity contribution >= 4 is 5.91 Å². The highest BCUT2D eigenvalue weighted by atomic mass is 16.5. The van der Waals surface area contributed by atoms with Crippen LogP contribution < -0.4 is 0 Å². The zero-order valence-corrected chi connectivity index (χ0v) is 14.3. The van der Waals surface area contributed by atoms with E-state index in [9.17, 15) is 9.90 Å². The van der Waals surface area contributed by atoms with Crippen molar-refractivity contribution in [2.24, 2.45) is 11.3 Å². The van der Waals surface area contributed by atoms with Gasteiger partial charge in [0.25, 0.3) is 5.91 Å². The van der Waals surface area contributed by atoms with Gasteiger partial charge >= 0.3 is 0 Å². The summed E-state index contributed by atoms with van der Waals surface area (Å²) in [6.07, 6.45) is 0.834. The van der Waals surface area contributed by atoms with Crippen LogP contribution in [0.2, 0.25) is 0 Å². The lowest BCUT2D eigenvalue weighted by molar-refractivity contribution is -0.0415. The van der Waals surface area contributed by atoms with Crippen LogP contribution in [0.25, 0.3) is 0 Å². The number of aliphatic hydroxyl groups is 1. The van der Waals surface area contributed by atoms with E-state index in [0.29, 0.717) is 26.3 Å². The van der Waals surface area contributed by atoms with Gasteiger partial charge in [0.1, 0.15) is 0 Å². The molecule has 1 aromatic rings. The molecular weight excluding hydrogens is 290 g/mol. The molecule has 2 heterocycles. The first-order chi connectivity index (χ1) is 10.9. The molecule has 0 aliphatic carbocycles. The van der Waals surface area contributed by atoms with E-state index in [1.54, 1.807) is 0 Å². The van der Waals surface area contributed by atoms with Crippen molar-refractivity contribution in [3.8, 4) is 0 Å². The summed E-state index contributed by atoms with van der Waals surface area (Å²) in [6, 6.07) is 7.93. The minimum absolute atomic E-state index is 0.0627. The molecule has 0 saturated carbocycles. The molecule has 2 fully saturated rings. The first-order valence-corrected chi connectivity index (χ1v) is 8.44. The van der Waals surface area contributed by atoms with Crippen molar-refractivity contribution in [2.75, 3.05) is 32.9 Å². The monoisotopic (exact) mass is 317 g/mol. The zero-order valence-electron chi connectivity index (χ0n) is 14.3. The summed E-state index contributed by atoms with van der Waals surface area (Å²) in [7, 11) is 0. The molecule has 4 nitrogen and oxygen atoms in total. The normalized spacial score (nSPS) is 27.8. The summed E-state index contributed by atoms with van der Waals surface area (Å²) in [5, 5.41) is 9.85. The van der Waals surface area contributed by atoms with Crippen LogP contribution in [-0.2, 0) is 10.2 Å². The number of hydrogen-bond donors (Lipinski definition) is 1. The van der Waals surface area contributed by atoms with Gasteiger partial charge in [-0.25, -0.2) is 0 Å². The number of fused-ring (bicyclic) bond motifs is 1. The number of ether oxygens (including phenoxy) is 1. The fraction of sp³-hybridized carbons (Fsp3) is 0.632. The third kappa shape index (κ3) is 3.02. The molecular formula is C19H27NO3. The lowest BCUT2D eigenvalue weighted by Gasteiger charge is -2.36. The van der Waals surface area contributed by atoms with Gasteiger partial charge in [-0.2, -0.15) is 0 Å². The van der Waals surface area contributed by atoms with E-state index in [-0.39, 0.29) is 29.3 Å². The molecule has 2 saturated heterocycles. The Kier molecular flexibility index (Phi) is 4.23. The van der Waals surface area contributed by atoms with Gasteiger partial charge in [0.2, 0.25) is 0 Å². The van der Waals surface area contributed by atoms with Crippen LogP contribution in [0.1, 0.15) is 43.1 Å². The third-order valence-electron chi connectivity index (χ3n) is 5.48. The average molecular weight is 317 g/mol. The topological polar surface area (TPSA) is 49.8 Å². The largest absolute Gasteiger partial charge is 0.396 e. The maximum atomic E-state index is 12.8. The van der Waals surface area contributed by atoms with Gasteiger partial charge in [0, 0.05) is 36.6 Å². The Morgan fingerprint density at radius 3 is 2.61 bits per heavy atom. The molecule has 0 unspecified atom stereocenters. The minimum atomic E-state index is -0.167. The Balaban J connectivity index is 1.76. The summed E-state index contributed by atoms with van der Waals surface area (Å²) in [6.45, 7) is 9.28. The van der Waals surface area contributed by atoms with Crippen LogP contribution in [0.5, 0.6) is 0 Å². The number of rotatable bonds is 2. The summed E-state index contributed by atoms with van der Waals surface area (Å²) in [4.78, 5) is 14.7. The third-order valence-corrected chi connectivity index (χ3v) is 5.48. The Morgan fingerprint density at radius 1 is 1.35 bits per heavy atom. The number of amides is 1. The molecule has 3 rings (SSSR count). The van der Waals surface area contributed by atoms with Crippen LogP contribution >= 0.6 is 0 Å². The number of likely N-dealkylation sites (tertiary alicyclic amines) is 1. The molecule has 1 aromatic carbocycles. The second-order valence-corrected chi connectivity index (χ2v) is 8.06. The smallest absolute Gasteiger partial charge is 0.253 e.